The summed E-state index contributed by atoms with van der Waals surface area (Å²) in [4.78, 5) is 11.3. The molecule has 0 bridgehead atoms. The van der Waals surface area contributed by atoms with E-state index >= 15 is 0 Å². The largest absolute Gasteiger partial charge is 0.507 e. The van der Waals surface area contributed by atoms with Crippen LogP contribution in [0.15, 0.2) is 127 Å². The molecule has 10 rings (SSSR count). The van der Waals surface area contributed by atoms with Gasteiger partial charge in [-0.25, -0.2) is 4.98 Å². The van der Waals surface area contributed by atoms with Crippen molar-refractivity contribution in [2.24, 2.45) is 0 Å². The van der Waals surface area contributed by atoms with Gasteiger partial charge in [-0.3, -0.25) is 9.38 Å². The van der Waals surface area contributed by atoms with E-state index in [0.29, 0.717) is 5.82 Å². The van der Waals surface area contributed by atoms with Crippen molar-refractivity contribution in [1.29, 1.82) is 0 Å². The molecule has 1 N–H and O–H groups in total. The first kappa shape index (κ1) is 44.4. The first-order valence-corrected chi connectivity index (χ1v) is 22.7. The third-order valence-electron chi connectivity index (χ3n) is 13.3. The number of aromatic nitrogens is 3. The van der Waals surface area contributed by atoms with Gasteiger partial charge in [-0.05, 0) is 95.4 Å². The van der Waals surface area contributed by atoms with E-state index in [1.807, 2.05) is 6.07 Å². The van der Waals surface area contributed by atoms with Crippen LogP contribution in [0.25, 0.3) is 93.9 Å². The van der Waals surface area contributed by atoms with E-state index in [9.17, 15) is 5.11 Å². The molecule has 4 nitrogen and oxygen atoms in total. The molecule has 0 aliphatic heterocycles. The van der Waals surface area contributed by atoms with Crippen LogP contribution in [0.2, 0.25) is 0 Å². The Morgan fingerprint density at radius 2 is 1.14 bits per heavy atom. The van der Waals surface area contributed by atoms with E-state index in [1.165, 1.54) is 32.7 Å². The number of fused-ring (bicyclic) bond motifs is 2. The summed E-state index contributed by atoms with van der Waals surface area (Å²) in [5.74, 6) is 0.979. The van der Waals surface area contributed by atoms with E-state index < -0.39 is 0 Å². The van der Waals surface area contributed by atoms with Gasteiger partial charge in [0.2, 0.25) is 0 Å². The molecule has 0 amide bonds. The number of imidazole rings is 1. The molecule has 0 saturated carbocycles. The Kier molecular flexibility index (Phi) is 10.5. The standard InChI is InChI=1S/C60H58N3O.Pt/c1-57(2,3)39-31-45(55(64)47(32-39)60(10,11)12)56-62-53-44(49-34-40(58(4,5)6)33-48(61-49)37-22-16-21-36(29-37)35-19-14-13-15-20-35)30-38-23-17-24-41-42-25-18-26-43-46(59(7,8)9)27-28-50(52(42)43)63(56)54(53)51(38)41;/h13-21,23-34,64H,1-12H3;/q-1;. The number of aromatic hydroxyl groups is 1. The van der Waals surface area contributed by atoms with Crippen molar-refractivity contribution >= 4 is 48.9 Å². The van der Waals surface area contributed by atoms with Gasteiger partial charge in [-0.2, -0.15) is 0 Å². The molecule has 10 aromatic rings. The number of pyridine rings is 1. The van der Waals surface area contributed by atoms with Crippen LogP contribution >= 0.6 is 0 Å². The number of nitrogens with zero attached hydrogens (tertiary/aromatic N) is 3. The van der Waals surface area contributed by atoms with Crippen molar-refractivity contribution in [2.75, 3.05) is 0 Å². The first-order chi connectivity index (χ1) is 30.2. The van der Waals surface area contributed by atoms with Crippen molar-refractivity contribution < 1.29 is 26.2 Å². The van der Waals surface area contributed by atoms with E-state index in [0.717, 1.165) is 77.7 Å². The van der Waals surface area contributed by atoms with Gasteiger partial charge in [-0.1, -0.05) is 168 Å². The second-order valence-electron chi connectivity index (χ2n) is 22.1. The van der Waals surface area contributed by atoms with Crippen LogP contribution in [0.3, 0.4) is 0 Å². The van der Waals surface area contributed by atoms with Crippen LogP contribution in [0.4, 0.5) is 0 Å². The molecule has 0 fully saturated rings. The maximum absolute atomic E-state index is 12.7. The Bertz CT molecular complexity index is 3480. The summed E-state index contributed by atoms with van der Waals surface area (Å²) in [6, 6.07) is 49.6. The molecule has 0 saturated heterocycles. The molecule has 0 unspecified atom stereocenters. The van der Waals surface area contributed by atoms with E-state index in [2.05, 4.69) is 215 Å². The third kappa shape index (κ3) is 7.43. The van der Waals surface area contributed by atoms with Crippen molar-refractivity contribution in [3.63, 3.8) is 0 Å². The van der Waals surface area contributed by atoms with Crippen LogP contribution in [0, 0.1) is 6.07 Å². The average molecular weight is 1030 g/mol. The second-order valence-corrected chi connectivity index (χ2v) is 22.1. The molecule has 330 valence electrons. The Balaban J connectivity index is 0.00000533. The van der Waals surface area contributed by atoms with E-state index in [-0.39, 0.29) is 48.5 Å². The fourth-order valence-electron chi connectivity index (χ4n) is 9.78. The number of benzene rings is 7. The molecule has 0 radical (unpaired) electrons. The minimum atomic E-state index is -0.327. The Morgan fingerprint density at radius 1 is 0.508 bits per heavy atom. The number of phenolic OH excluding ortho intramolecular Hbond substituents is 1. The van der Waals surface area contributed by atoms with E-state index in [1.54, 1.807) is 0 Å². The number of phenols is 1. The third-order valence-corrected chi connectivity index (χ3v) is 13.3. The van der Waals surface area contributed by atoms with Crippen molar-refractivity contribution in [1.82, 2.24) is 14.4 Å². The number of hydrogen-bond donors (Lipinski definition) is 1. The second kappa shape index (κ2) is 15.4. The Hall–Kier alpha value is -5.83. The van der Waals surface area contributed by atoms with Crippen LogP contribution in [-0.2, 0) is 42.7 Å². The monoisotopic (exact) mass is 1030 g/mol. The summed E-state index contributed by atoms with van der Waals surface area (Å²) in [7, 11) is 0. The molecule has 7 aromatic carbocycles. The minimum absolute atomic E-state index is 0. The Morgan fingerprint density at radius 3 is 1.82 bits per heavy atom. The molecule has 0 aliphatic carbocycles. The maximum Gasteiger partial charge on any atom is 0.149 e. The summed E-state index contributed by atoms with van der Waals surface area (Å²) in [6.45, 7) is 26.9. The number of rotatable bonds is 4. The van der Waals surface area contributed by atoms with Gasteiger partial charge in [0, 0.05) is 43.0 Å². The van der Waals surface area contributed by atoms with E-state index in [4.69, 9.17) is 9.97 Å². The molecule has 0 aliphatic rings. The maximum atomic E-state index is 12.7. The van der Waals surface area contributed by atoms with Gasteiger partial charge in [0.1, 0.15) is 11.6 Å². The fraction of sp³-hybridized carbons (Fsp3) is 0.267. The quantitative estimate of drug-likeness (QED) is 0.179. The summed E-state index contributed by atoms with van der Waals surface area (Å²) < 4.78 is 2.37. The normalized spacial score (nSPS) is 12.9. The van der Waals surface area contributed by atoms with Crippen LogP contribution in [0.5, 0.6) is 5.75 Å². The SMILES string of the molecule is CC(C)(C)c1cc(-c2[c-]ccc(-c3ccccc3)c2)nc(-c2cc3cccc4c5cccc6c(C(C)(C)C)ccc(c65)n5c(-c6cc(C(C)(C)C)cc(C(C)(C)C)c6O)nc2c5c34)c1.[Pt]. The van der Waals surface area contributed by atoms with Gasteiger partial charge in [0.05, 0.1) is 27.8 Å². The van der Waals surface area contributed by atoms with Crippen LogP contribution in [-0.4, -0.2) is 19.5 Å². The van der Waals surface area contributed by atoms with Gasteiger partial charge in [0.25, 0.3) is 0 Å². The zero-order valence-corrected chi connectivity index (χ0v) is 42.0. The van der Waals surface area contributed by atoms with Crippen molar-refractivity contribution in [3.8, 4) is 50.8 Å². The molecule has 5 heteroatoms. The summed E-state index contributed by atoms with van der Waals surface area (Å²) in [5, 5.41) is 19.7. The first-order valence-electron chi connectivity index (χ1n) is 22.7. The zero-order valence-electron chi connectivity index (χ0n) is 39.7. The minimum Gasteiger partial charge on any atom is -0.507 e. The summed E-state index contributed by atoms with van der Waals surface area (Å²) in [6.07, 6.45) is 0. The molecular formula is C60H58N3OPt-. The topological polar surface area (TPSA) is 50.4 Å². The molecule has 65 heavy (non-hydrogen) atoms. The van der Waals surface area contributed by atoms with Gasteiger partial charge in [-0.15, -0.1) is 35.4 Å². The van der Waals surface area contributed by atoms with Gasteiger partial charge >= 0.3 is 0 Å². The predicted octanol–water partition coefficient (Wildman–Crippen LogP) is 16.1. The van der Waals surface area contributed by atoms with Crippen LogP contribution < -0.4 is 0 Å². The predicted molar refractivity (Wildman–Crippen MR) is 271 cm³/mol. The number of hydrogen-bond acceptors (Lipinski definition) is 3. The molecule has 3 aromatic heterocycles. The summed E-state index contributed by atoms with van der Waals surface area (Å²) >= 11 is 0. The zero-order chi connectivity index (χ0) is 45.2. The van der Waals surface area contributed by atoms with Gasteiger partial charge < -0.3 is 5.11 Å². The fourth-order valence-corrected chi connectivity index (χ4v) is 9.78. The van der Waals surface area contributed by atoms with Crippen molar-refractivity contribution in [2.45, 2.75) is 105 Å². The van der Waals surface area contributed by atoms with Crippen LogP contribution in [0.1, 0.15) is 105 Å². The Labute approximate surface area is 398 Å². The average Bonchev–Trinajstić information content (AvgIpc) is 3.58. The molecular weight excluding hydrogens is 974 g/mol. The molecule has 0 atom stereocenters. The summed E-state index contributed by atoms with van der Waals surface area (Å²) in [5.41, 5.74) is 13.2. The molecule has 3 heterocycles. The smallest absolute Gasteiger partial charge is 0.149 e. The van der Waals surface area contributed by atoms with Crippen molar-refractivity contribution in [3.05, 3.63) is 156 Å². The molecule has 0 spiro atoms. The van der Waals surface area contributed by atoms with Gasteiger partial charge in [0.15, 0.2) is 0 Å².